The first kappa shape index (κ1) is 9.86. The predicted octanol–water partition coefficient (Wildman–Crippen LogP) is 1.64. The number of benzene rings is 1. The first-order valence-corrected chi connectivity index (χ1v) is 4.58. The van der Waals surface area contributed by atoms with Crippen molar-refractivity contribution in [2.75, 3.05) is 0 Å². The van der Waals surface area contributed by atoms with E-state index in [1.165, 1.54) is 12.1 Å². The van der Waals surface area contributed by atoms with Crippen molar-refractivity contribution in [2.45, 2.75) is 6.10 Å². The molecule has 1 N–H and O–H groups in total. The van der Waals surface area contributed by atoms with E-state index in [1.54, 1.807) is 36.3 Å². The summed E-state index contributed by atoms with van der Waals surface area (Å²) < 4.78 is 14.6. The van der Waals surface area contributed by atoms with E-state index in [9.17, 15) is 9.50 Å². The molecule has 0 fully saturated rings. The SMILES string of the molecule is Cn1cncc1C(O)c1cccc(F)c1. The summed E-state index contributed by atoms with van der Waals surface area (Å²) in [5.74, 6) is -0.353. The Kier molecular flexibility index (Phi) is 2.51. The van der Waals surface area contributed by atoms with Crippen molar-refractivity contribution in [3.8, 4) is 0 Å². The Bertz CT molecular complexity index is 467. The number of imidazole rings is 1. The summed E-state index contributed by atoms with van der Waals surface area (Å²) in [6, 6.07) is 5.92. The van der Waals surface area contributed by atoms with Crippen LogP contribution in [-0.2, 0) is 7.05 Å². The summed E-state index contributed by atoms with van der Waals surface area (Å²) in [7, 11) is 1.78. The second-order valence-electron chi connectivity index (χ2n) is 3.39. The molecular formula is C11H11FN2O. The maximum Gasteiger partial charge on any atom is 0.123 e. The molecule has 0 spiro atoms. The lowest BCUT2D eigenvalue weighted by Crippen LogP contribution is -2.05. The highest BCUT2D eigenvalue weighted by Crippen LogP contribution is 2.21. The summed E-state index contributed by atoms with van der Waals surface area (Å²) in [5, 5.41) is 9.96. The highest BCUT2D eigenvalue weighted by Gasteiger charge is 2.13. The quantitative estimate of drug-likeness (QED) is 0.811. The van der Waals surface area contributed by atoms with Crippen LogP contribution >= 0.6 is 0 Å². The van der Waals surface area contributed by atoms with E-state index >= 15 is 0 Å². The van der Waals surface area contributed by atoms with E-state index in [4.69, 9.17) is 0 Å². The Morgan fingerprint density at radius 1 is 1.47 bits per heavy atom. The van der Waals surface area contributed by atoms with E-state index in [1.807, 2.05) is 0 Å². The fourth-order valence-electron chi connectivity index (χ4n) is 1.48. The number of hydrogen-bond donors (Lipinski definition) is 1. The molecule has 0 aliphatic carbocycles. The van der Waals surface area contributed by atoms with Crippen LogP contribution in [0, 0.1) is 5.82 Å². The molecule has 0 bridgehead atoms. The van der Waals surface area contributed by atoms with Gasteiger partial charge < -0.3 is 9.67 Å². The maximum absolute atomic E-state index is 12.9. The molecular weight excluding hydrogens is 195 g/mol. The standard InChI is InChI=1S/C11H11FN2O/c1-14-7-13-6-10(14)11(15)8-3-2-4-9(12)5-8/h2-7,11,15H,1H3. The molecule has 0 amide bonds. The Morgan fingerprint density at radius 2 is 2.27 bits per heavy atom. The molecule has 1 atom stereocenters. The minimum atomic E-state index is -0.840. The first-order valence-electron chi connectivity index (χ1n) is 4.58. The minimum absolute atomic E-state index is 0.353. The lowest BCUT2D eigenvalue weighted by molar-refractivity contribution is 0.211. The Morgan fingerprint density at radius 3 is 2.87 bits per heavy atom. The molecule has 3 nitrogen and oxygen atoms in total. The fourth-order valence-corrected chi connectivity index (χ4v) is 1.48. The summed E-state index contributed by atoms with van der Waals surface area (Å²) in [5.41, 5.74) is 1.17. The van der Waals surface area contributed by atoms with Crippen molar-refractivity contribution < 1.29 is 9.50 Å². The summed E-state index contributed by atoms with van der Waals surface area (Å²) in [4.78, 5) is 3.90. The van der Waals surface area contributed by atoms with Gasteiger partial charge in [0.05, 0.1) is 18.2 Å². The molecule has 2 aromatic rings. The molecule has 0 saturated heterocycles. The summed E-state index contributed by atoms with van der Waals surface area (Å²) in [6.45, 7) is 0. The molecule has 1 aromatic carbocycles. The van der Waals surface area contributed by atoms with Gasteiger partial charge in [-0.3, -0.25) is 0 Å². The van der Waals surface area contributed by atoms with E-state index in [2.05, 4.69) is 4.98 Å². The van der Waals surface area contributed by atoms with Crippen LogP contribution in [0.15, 0.2) is 36.8 Å². The molecule has 78 valence electrons. The monoisotopic (exact) mass is 206 g/mol. The molecule has 4 heteroatoms. The molecule has 2 rings (SSSR count). The average Bonchev–Trinajstić information content (AvgIpc) is 2.63. The molecule has 0 radical (unpaired) electrons. The third kappa shape index (κ3) is 1.89. The molecule has 1 heterocycles. The van der Waals surface area contributed by atoms with E-state index in [0.717, 1.165) is 0 Å². The summed E-state index contributed by atoms with van der Waals surface area (Å²) in [6.07, 6.45) is 2.32. The van der Waals surface area contributed by atoms with Gasteiger partial charge in [-0.1, -0.05) is 12.1 Å². The van der Waals surface area contributed by atoms with Crippen molar-refractivity contribution in [3.05, 3.63) is 53.9 Å². The largest absolute Gasteiger partial charge is 0.382 e. The number of hydrogen-bond acceptors (Lipinski definition) is 2. The van der Waals surface area contributed by atoms with Crippen LogP contribution < -0.4 is 0 Å². The van der Waals surface area contributed by atoms with E-state index < -0.39 is 6.10 Å². The van der Waals surface area contributed by atoms with E-state index in [-0.39, 0.29) is 5.82 Å². The van der Waals surface area contributed by atoms with Crippen molar-refractivity contribution in [1.29, 1.82) is 0 Å². The van der Waals surface area contributed by atoms with Gasteiger partial charge >= 0.3 is 0 Å². The van der Waals surface area contributed by atoms with Gasteiger partial charge in [0, 0.05) is 7.05 Å². The van der Waals surface area contributed by atoms with Crippen LogP contribution in [0.4, 0.5) is 4.39 Å². The third-order valence-electron chi connectivity index (χ3n) is 2.30. The summed E-state index contributed by atoms with van der Waals surface area (Å²) >= 11 is 0. The molecule has 0 aliphatic rings. The van der Waals surface area contributed by atoms with Gasteiger partial charge in [-0.05, 0) is 17.7 Å². The van der Waals surface area contributed by atoms with Crippen LogP contribution in [0.2, 0.25) is 0 Å². The number of aliphatic hydroxyl groups is 1. The van der Waals surface area contributed by atoms with E-state index in [0.29, 0.717) is 11.3 Å². The molecule has 1 aromatic heterocycles. The van der Waals surface area contributed by atoms with Crippen molar-refractivity contribution in [2.24, 2.45) is 7.05 Å². The normalized spacial score (nSPS) is 12.7. The van der Waals surface area contributed by atoms with Crippen LogP contribution in [0.25, 0.3) is 0 Å². The second kappa shape index (κ2) is 3.82. The van der Waals surface area contributed by atoms with Gasteiger partial charge in [0.1, 0.15) is 11.9 Å². The van der Waals surface area contributed by atoms with Gasteiger partial charge in [-0.15, -0.1) is 0 Å². The smallest absolute Gasteiger partial charge is 0.123 e. The Labute approximate surface area is 86.8 Å². The van der Waals surface area contributed by atoms with Crippen LogP contribution in [0.3, 0.4) is 0 Å². The predicted molar refractivity (Wildman–Crippen MR) is 53.7 cm³/mol. The van der Waals surface area contributed by atoms with Gasteiger partial charge in [-0.25, -0.2) is 9.37 Å². The molecule has 0 saturated carbocycles. The number of halogens is 1. The van der Waals surface area contributed by atoms with Gasteiger partial charge in [0.2, 0.25) is 0 Å². The molecule has 15 heavy (non-hydrogen) atoms. The zero-order chi connectivity index (χ0) is 10.8. The Balaban J connectivity index is 2.36. The van der Waals surface area contributed by atoms with Crippen LogP contribution in [-0.4, -0.2) is 14.7 Å². The third-order valence-corrected chi connectivity index (χ3v) is 2.30. The second-order valence-corrected chi connectivity index (χ2v) is 3.39. The Hall–Kier alpha value is -1.68. The van der Waals surface area contributed by atoms with Crippen LogP contribution in [0.1, 0.15) is 17.4 Å². The van der Waals surface area contributed by atoms with Crippen molar-refractivity contribution in [3.63, 3.8) is 0 Å². The molecule has 0 aliphatic heterocycles. The zero-order valence-corrected chi connectivity index (χ0v) is 8.26. The molecule has 1 unspecified atom stereocenters. The van der Waals surface area contributed by atoms with Gasteiger partial charge in [0.25, 0.3) is 0 Å². The number of aryl methyl sites for hydroxylation is 1. The maximum atomic E-state index is 12.9. The number of aromatic nitrogens is 2. The first-order chi connectivity index (χ1) is 7.18. The zero-order valence-electron chi connectivity index (χ0n) is 8.26. The van der Waals surface area contributed by atoms with Gasteiger partial charge in [0.15, 0.2) is 0 Å². The van der Waals surface area contributed by atoms with Crippen molar-refractivity contribution in [1.82, 2.24) is 9.55 Å². The average molecular weight is 206 g/mol. The number of nitrogens with zero attached hydrogens (tertiary/aromatic N) is 2. The number of aliphatic hydroxyl groups excluding tert-OH is 1. The topological polar surface area (TPSA) is 38.0 Å². The fraction of sp³-hybridized carbons (Fsp3) is 0.182. The van der Waals surface area contributed by atoms with Crippen molar-refractivity contribution >= 4 is 0 Å². The highest BCUT2D eigenvalue weighted by molar-refractivity contribution is 5.25. The number of rotatable bonds is 2. The minimum Gasteiger partial charge on any atom is -0.382 e. The van der Waals surface area contributed by atoms with Gasteiger partial charge in [-0.2, -0.15) is 0 Å². The highest BCUT2D eigenvalue weighted by atomic mass is 19.1. The lowest BCUT2D eigenvalue weighted by Gasteiger charge is -2.11. The lowest BCUT2D eigenvalue weighted by atomic mass is 10.1. The van der Waals surface area contributed by atoms with Crippen LogP contribution in [0.5, 0.6) is 0 Å².